The van der Waals surface area contributed by atoms with Crippen LogP contribution in [0.2, 0.25) is 32.2 Å². The SMILES string of the molecule is C=CC(=O)N(CCC[Si](C)(C)O[Si](C)C)CC(O)CO. The second-order valence-corrected chi connectivity index (χ2v) is 12.4. The minimum absolute atomic E-state index is 0.140. The zero-order valence-corrected chi connectivity index (χ0v) is 15.1. The molecule has 0 saturated heterocycles. The molecule has 0 aliphatic heterocycles. The number of rotatable bonds is 10. The summed E-state index contributed by atoms with van der Waals surface area (Å²) in [7, 11) is -2.35. The van der Waals surface area contributed by atoms with Gasteiger partial charge in [-0.2, -0.15) is 0 Å². The summed E-state index contributed by atoms with van der Waals surface area (Å²) >= 11 is 0. The van der Waals surface area contributed by atoms with Gasteiger partial charge < -0.3 is 19.2 Å². The van der Waals surface area contributed by atoms with E-state index < -0.39 is 23.5 Å². The molecule has 117 valence electrons. The maximum atomic E-state index is 11.7. The first-order chi connectivity index (χ1) is 9.21. The third-order valence-corrected chi connectivity index (χ3v) is 8.22. The lowest BCUT2D eigenvalue weighted by molar-refractivity contribution is -0.127. The van der Waals surface area contributed by atoms with Gasteiger partial charge in [-0.1, -0.05) is 6.58 Å². The molecule has 0 spiro atoms. The highest BCUT2D eigenvalue weighted by molar-refractivity contribution is 6.77. The van der Waals surface area contributed by atoms with Crippen LogP contribution < -0.4 is 0 Å². The molecule has 0 saturated carbocycles. The highest BCUT2D eigenvalue weighted by atomic mass is 28.4. The third-order valence-electron chi connectivity index (χ3n) is 2.82. The van der Waals surface area contributed by atoms with Crippen LogP contribution in [0.1, 0.15) is 6.42 Å². The molecule has 1 radical (unpaired) electrons. The van der Waals surface area contributed by atoms with E-state index in [0.29, 0.717) is 6.54 Å². The van der Waals surface area contributed by atoms with E-state index in [1.54, 1.807) is 0 Å². The van der Waals surface area contributed by atoms with Crippen molar-refractivity contribution in [2.24, 2.45) is 0 Å². The van der Waals surface area contributed by atoms with E-state index in [4.69, 9.17) is 9.22 Å². The predicted molar refractivity (Wildman–Crippen MR) is 85.3 cm³/mol. The van der Waals surface area contributed by atoms with Crippen LogP contribution in [0.3, 0.4) is 0 Å². The Labute approximate surface area is 125 Å². The van der Waals surface area contributed by atoms with Crippen LogP contribution in [-0.2, 0) is 8.91 Å². The Morgan fingerprint density at radius 3 is 2.55 bits per heavy atom. The van der Waals surface area contributed by atoms with E-state index in [1.165, 1.54) is 11.0 Å². The van der Waals surface area contributed by atoms with E-state index in [2.05, 4.69) is 32.8 Å². The van der Waals surface area contributed by atoms with Gasteiger partial charge in [-0.15, -0.1) is 0 Å². The van der Waals surface area contributed by atoms with Gasteiger partial charge in [-0.05, 0) is 44.7 Å². The molecule has 0 bridgehead atoms. The third kappa shape index (κ3) is 8.65. The van der Waals surface area contributed by atoms with Crippen LogP contribution in [0.4, 0.5) is 0 Å². The van der Waals surface area contributed by atoms with Crippen molar-refractivity contribution in [3.63, 3.8) is 0 Å². The van der Waals surface area contributed by atoms with Gasteiger partial charge in [-0.3, -0.25) is 4.79 Å². The summed E-state index contributed by atoms with van der Waals surface area (Å²) in [5, 5.41) is 18.3. The lowest BCUT2D eigenvalue weighted by Crippen LogP contribution is -2.40. The molecule has 0 aromatic rings. The van der Waals surface area contributed by atoms with Gasteiger partial charge in [0.05, 0.1) is 12.7 Å². The zero-order valence-electron chi connectivity index (χ0n) is 13.1. The standard InChI is InChI=1S/C13H28NO4Si2/c1-6-13(17)14(10-12(16)11-15)8-7-9-20(4,5)18-19(2)3/h6,12,15-16H,1,7-11H2,2-5H3. The van der Waals surface area contributed by atoms with Crippen LogP contribution in [0.15, 0.2) is 12.7 Å². The molecule has 1 atom stereocenters. The van der Waals surface area contributed by atoms with Gasteiger partial charge in [0, 0.05) is 13.1 Å². The second-order valence-electron chi connectivity index (χ2n) is 5.70. The monoisotopic (exact) mass is 318 g/mol. The van der Waals surface area contributed by atoms with Crippen LogP contribution in [-0.4, -0.2) is 64.2 Å². The molecule has 0 heterocycles. The molecule has 0 aromatic heterocycles. The summed E-state index contributed by atoms with van der Waals surface area (Å²) in [5.74, 6) is -0.214. The Morgan fingerprint density at radius 1 is 1.50 bits per heavy atom. The van der Waals surface area contributed by atoms with Crippen LogP contribution in [0.5, 0.6) is 0 Å². The van der Waals surface area contributed by atoms with Gasteiger partial charge in [-0.25, -0.2) is 0 Å². The van der Waals surface area contributed by atoms with Crippen molar-refractivity contribution in [1.82, 2.24) is 4.90 Å². The van der Waals surface area contributed by atoms with Crippen LogP contribution in [0, 0.1) is 0 Å². The first kappa shape index (κ1) is 19.5. The highest BCUT2D eigenvalue weighted by Crippen LogP contribution is 2.15. The second kappa shape index (κ2) is 9.46. The Hall–Kier alpha value is -0.476. The average molecular weight is 319 g/mol. The average Bonchev–Trinajstić information content (AvgIpc) is 2.34. The summed E-state index contributed by atoms with van der Waals surface area (Å²) in [4.78, 5) is 13.2. The first-order valence-electron chi connectivity index (χ1n) is 6.91. The number of hydrogen-bond donors (Lipinski definition) is 2. The molecule has 5 nitrogen and oxygen atoms in total. The Balaban J connectivity index is 4.32. The minimum atomic E-state index is -1.66. The van der Waals surface area contributed by atoms with Crippen molar-refractivity contribution >= 4 is 23.3 Å². The molecule has 0 fully saturated rings. The molecular formula is C13H28NO4Si2. The summed E-state index contributed by atoms with van der Waals surface area (Å²) < 4.78 is 6.04. The molecule has 1 amide bonds. The number of nitrogens with zero attached hydrogens (tertiary/aromatic N) is 1. The van der Waals surface area contributed by atoms with E-state index >= 15 is 0 Å². The molecule has 7 heteroatoms. The fraction of sp³-hybridized carbons (Fsp3) is 0.769. The Kier molecular flexibility index (Phi) is 9.23. The maximum absolute atomic E-state index is 11.7. The summed E-state index contributed by atoms with van der Waals surface area (Å²) in [6.07, 6.45) is 1.18. The largest absolute Gasteiger partial charge is 0.456 e. The van der Waals surface area contributed by atoms with E-state index in [-0.39, 0.29) is 19.1 Å². The number of amides is 1. The predicted octanol–water partition coefficient (Wildman–Crippen LogP) is 1.22. The van der Waals surface area contributed by atoms with E-state index in [9.17, 15) is 9.90 Å². The number of aliphatic hydroxyl groups is 2. The molecule has 0 aromatic carbocycles. The van der Waals surface area contributed by atoms with Crippen molar-refractivity contribution in [2.45, 2.75) is 44.8 Å². The summed E-state index contributed by atoms with van der Waals surface area (Å²) in [5.41, 5.74) is 0. The van der Waals surface area contributed by atoms with Crippen molar-refractivity contribution < 1.29 is 19.1 Å². The molecule has 20 heavy (non-hydrogen) atoms. The van der Waals surface area contributed by atoms with E-state index in [0.717, 1.165) is 12.5 Å². The molecule has 0 rings (SSSR count). The summed E-state index contributed by atoms with van der Waals surface area (Å²) in [6, 6.07) is 0.971. The molecule has 0 aliphatic carbocycles. The summed E-state index contributed by atoms with van der Waals surface area (Å²) in [6.45, 7) is 12.4. The van der Waals surface area contributed by atoms with Crippen molar-refractivity contribution in [3.8, 4) is 0 Å². The molecule has 0 aliphatic rings. The van der Waals surface area contributed by atoms with Crippen LogP contribution >= 0.6 is 0 Å². The molecular weight excluding hydrogens is 290 g/mol. The number of hydrogen-bond acceptors (Lipinski definition) is 4. The lowest BCUT2D eigenvalue weighted by atomic mass is 10.3. The topological polar surface area (TPSA) is 70.0 Å². The quantitative estimate of drug-likeness (QED) is 0.469. The lowest BCUT2D eigenvalue weighted by Gasteiger charge is -2.28. The fourth-order valence-corrected chi connectivity index (χ4v) is 7.87. The van der Waals surface area contributed by atoms with Crippen LogP contribution in [0.25, 0.3) is 0 Å². The smallest absolute Gasteiger partial charge is 0.246 e. The molecule has 2 N–H and O–H groups in total. The number of carbonyl (C=O) groups is 1. The van der Waals surface area contributed by atoms with Crippen molar-refractivity contribution in [2.75, 3.05) is 19.7 Å². The van der Waals surface area contributed by atoms with Gasteiger partial charge in [0.2, 0.25) is 5.91 Å². The van der Waals surface area contributed by atoms with Gasteiger partial charge >= 0.3 is 0 Å². The van der Waals surface area contributed by atoms with Gasteiger partial charge in [0.15, 0.2) is 17.4 Å². The van der Waals surface area contributed by atoms with Crippen molar-refractivity contribution in [3.05, 3.63) is 12.7 Å². The Morgan fingerprint density at radius 2 is 2.10 bits per heavy atom. The zero-order chi connectivity index (χ0) is 15.8. The number of aliphatic hydroxyl groups excluding tert-OH is 2. The number of carbonyl (C=O) groups excluding carboxylic acids is 1. The van der Waals surface area contributed by atoms with E-state index in [1.807, 2.05) is 0 Å². The normalized spacial score (nSPS) is 13.3. The minimum Gasteiger partial charge on any atom is -0.456 e. The van der Waals surface area contributed by atoms with Gasteiger partial charge in [0.25, 0.3) is 0 Å². The highest BCUT2D eigenvalue weighted by Gasteiger charge is 2.24. The maximum Gasteiger partial charge on any atom is 0.246 e. The van der Waals surface area contributed by atoms with Gasteiger partial charge in [0.1, 0.15) is 0 Å². The first-order valence-corrected chi connectivity index (χ1v) is 12.4. The molecule has 1 unspecified atom stereocenters. The Bertz CT molecular complexity index is 311. The van der Waals surface area contributed by atoms with Crippen molar-refractivity contribution in [1.29, 1.82) is 0 Å². The fourth-order valence-electron chi connectivity index (χ4n) is 2.03.